The van der Waals surface area contributed by atoms with E-state index in [1.54, 1.807) is 0 Å². The largest absolute Gasteiger partial charge is 0.393 e. The first-order valence-electron chi connectivity index (χ1n) is 5.70. The summed E-state index contributed by atoms with van der Waals surface area (Å²) in [7, 11) is 0. The molecule has 0 aliphatic carbocycles. The zero-order chi connectivity index (χ0) is 11.4. The minimum absolute atomic E-state index is 0.223. The smallest absolute Gasteiger partial charge is 0.0524 e. The van der Waals surface area contributed by atoms with Crippen molar-refractivity contribution in [3.05, 3.63) is 36.0 Å². The van der Waals surface area contributed by atoms with Gasteiger partial charge in [-0.2, -0.15) is 0 Å². The first-order chi connectivity index (χ1) is 7.75. The van der Waals surface area contributed by atoms with Gasteiger partial charge in [-0.05, 0) is 49.0 Å². The molecule has 1 atom stereocenters. The molecule has 2 aromatic rings. The number of fused-ring (bicyclic) bond motifs is 1. The van der Waals surface area contributed by atoms with Crippen molar-refractivity contribution < 1.29 is 5.11 Å². The third-order valence-corrected chi connectivity index (χ3v) is 2.69. The second-order valence-electron chi connectivity index (χ2n) is 4.21. The SMILES string of the molecule is CC(O)CCNCc1ccc2[nH]ccc2c1. The van der Waals surface area contributed by atoms with Crippen molar-refractivity contribution >= 4 is 10.9 Å². The maximum absolute atomic E-state index is 9.12. The van der Waals surface area contributed by atoms with Gasteiger partial charge in [0.15, 0.2) is 0 Å². The summed E-state index contributed by atoms with van der Waals surface area (Å²) in [6.07, 6.45) is 2.53. The number of H-pyrrole nitrogens is 1. The van der Waals surface area contributed by atoms with Gasteiger partial charge in [0, 0.05) is 18.3 Å². The van der Waals surface area contributed by atoms with Crippen LogP contribution in [0.1, 0.15) is 18.9 Å². The highest BCUT2D eigenvalue weighted by atomic mass is 16.3. The normalized spacial score (nSPS) is 13.1. The minimum Gasteiger partial charge on any atom is -0.393 e. The molecule has 1 heterocycles. The molecule has 0 fully saturated rings. The summed E-state index contributed by atoms with van der Waals surface area (Å²) in [4.78, 5) is 3.18. The Hall–Kier alpha value is -1.32. The molecule has 0 saturated carbocycles. The molecule has 0 bridgehead atoms. The molecule has 1 unspecified atom stereocenters. The van der Waals surface area contributed by atoms with Crippen molar-refractivity contribution in [2.75, 3.05) is 6.54 Å². The van der Waals surface area contributed by atoms with E-state index in [9.17, 15) is 0 Å². The maximum atomic E-state index is 9.12. The molecule has 2 rings (SSSR count). The van der Waals surface area contributed by atoms with Crippen LogP contribution in [0.3, 0.4) is 0 Å². The minimum atomic E-state index is -0.223. The lowest BCUT2D eigenvalue weighted by Crippen LogP contribution is -2.18. The number of aromatic amines is 1. The summed E-state index contributed by atoms with van der Waals surface area (Å²) in [5.74, 6) is 0. The average Bonchev–Trinajstić information content (AvgIpc) is 2.71. The predicted molar refractivity (Wildman–Crippen MR) is 66.3 cm³/mol. The van der Waals surface area contributed by atoms with Crippen LogP contribution in [0, 0.1) is 0 Å². The van der Waals surface area contributed by atoms with Crippen LogP contribution in [0.4, 0.5) is 0 Å². The Bertz CT molecular complexity index is 448. The fraction of sp³-hybridized carbons (Fsp3) is 0.385. The van der Waals surface area contributed by atoms with Crippen LogP contribution < -0.4 is 5.32 Å². The summed E-state index contributed by atoms with van der Waals surface area (Å²) in [6.45, 7) is 3.52. The number of hydrogen-bond acceptors (Lipinski definition) is 2. The summed E-state index contributed by atoms with van der Waals surface area (Å²) in [5, 5.41) is 13.7. The van der Waals surface area contributed by atoms with Crippen LogP contribution in [0.15, 0.2) is 30.5 Å². The highest BCUT2D eigenvalue weighted by Gasteiger charge is 1.98. The molecule has 0 saturated heterocycles. The van der Waals surface area contributed by atoms with Crippen LogP contribution in [0.25, 0.3) is 10.9 Å². The molecule has 0 amide bonds. The summed E-state index contributed by atoms with van der Waals surface area (Å²) in [5.41, 5.74) is 2.45. The third kappa shape index (κ3) is 2.84. The second kappa shape index (κ2) is 5.14. The number of hydrogen-bond donors (Lipinski definition) is 3. The Kier molecular flexibility index (Phi) is 3.59. The third-order valence-electron chi connectivity index (χ3n) is 2.69. The van der Waals surface area contributed by atoms with E-state index in [4.69, 9.17) is 5.11 Å². The molecular formula is C13H18N2O. The molecule has 3 N–H and O–H groups in total. The summed E-state index contributed by atoms with van der Waals surface area (Å²) in [6, 6.07) is 8.48. The molecule has 3 heteroatoms. The molecule has 0 aliphatic heterocycles. The van der Waals surface area contributed by atoms with Gasteiger partial charge in [-0.15, -0.1) is 0 Å². The first kappa shape index (κ1) is 11.2. The molecule has 1 aromatic carbocycles. The highest BCUT2D eigenvalue weighted by molar-refractivity contribution is 5.79. The van der Waals surface area contributed by atoms with Crippen molar-refractivity contribution in [3.63, 3.8) is 0 Å². The van der Waals surface area contributed by atoms with Crippen molar-refractivity contribution in [1.29, 1.82) is 0 Å². The fourth-order valence-corrected chi connectivity index (χ4v) is 1.76. The maximum Gasteiger partial charge on any atom is 0.0524 e. The Morgan fingerprint density at radius 2 is 2.25 bits per heavy atom. The lowest BCUT2D eigenvalue weighted by molar-refractivity contribution is 0.183. The summed E-state index contributed by atoms with van der Waals surface area (Å²) >= 11 is 0. The van der Waals surface area contributed by atoms with E-state index in [0.29, 0.717) is 0 Å². The van der Waals surface area contributed by atoms with E-state index in [0.717, 1.165) is 19.5 Å². The highest BCUT2D eigenvalue weighted by Crippen LogP contribution is 2.13. The average molecular weight is 218 g/mol. The van der Waals surface area contributed by atoms with Gasteiger partial charge < -0.3 is 15.4 Å². The Morgan fingerprint density at radius 1 is 1.38 bits per heavy atom. The van der Waals surface area contributed by atoms with E-state index < -0.39 is 0 Å². The van der Waals surface area contributed by atoms with E-state index in [1.807, 2.05) is 13.1 Å². The van der Waals surface area contributed by atoms with Crippen LogP contribution in [-0.4, -0.2) is 22.7 Å². The van der Waals surface area contributed by atoms with E-state index in [1.165, 1.54) is 16.5 Å². The van der Waals surface area contributed by atoms with Crippen LogP contribution in [0.2, 0.25) is 0 Å². The zero-order valence-electron chi connectivity index (χ0n) is 9.53. The lowest BCUT2D eigenvalue weighted by atomic mass is 10.1. The molecule has 3 nitrogen and oxygen atoms in total. The van der Waals surface area contributed by atoms with Gasteiger partial charge in [0.25, 0.3) is 0 Å². The van der Waals surface area contributed by atoms with Crippen LogP contribution in [0.5, 0.6) is 0 Å². The van der Waals surface area contributed by atoms with Crippen molar-refractivity contribution in [3.8, 4) is 0 Å². The molecule has 0 radical (unpaired) electrons. The Labute approximate surface area is 95.5 Å². The molecule has 86 valence electrons. The Balaban J connectivity index is 1.89. The Morgan fingerprint density at radius 3 is 3.06 bits per heavy atom. The zero-order valence-corrected chi connectivity index (χ0v) is 9.53. The molecule has 0 aliphatic rings. The number of benzene rings is 1. The van der Waals surface area contributed by atoms with Gasteiger partial charge in [-0.1, -0.05) is 6.07 Å². The van der Waals surface area contributed by atoms with E-state index in [2.05, 4.69) is 34.6 Å². The van der Waals surface area contributed by atoms with Gasteiger partial charge >= 0.3 is 0 Å². The van der Waals surface area contributed by atoms with Gasteiger partial charge in [0.2, 0.25) is 0 Å². The number of aromatic nitrogens is 1. The fourth-order valence-electron chi connectivity index (χ4n) is 1.76. The van der Waals surface area contributed by atoms with Gasteiger partial charge in [0.05, 0.1) is 6.10 Å². The van der Waals surface area contributed by atoms with E-state index in [-0.39, 0.29) is 6.10 Å². The van der Waals surface area contributed by atoms with E-state index >= 15 is 0 Å². The second-order valence-corrected chi connectivity index (χ2v) is 4.21. The monoisotopic (exact) mass is 218 g/mol. The topological polar surface area (TPSA) is 48.0 Å². The van der Waals surface area contributed by atoms with Gasteiger partial charge in [0.1, 0.15) is 0 Å². The van der Waals surface area contributed by atoms with Crippen molar-refractivity contribution in [1.82, 2.24) is 10.3 Å². The number of nitrogens with one attached hydrogen (secondary N) is 2. The van der Waals surface area contributed by atoms with Crippen LogP contribution >= 0.6 is 0 Å². The van der Waals surface area contributed by atoms with Crippen LogP contribution in [-0.2, 0) is 6.54 Å². The number of aliphatic hydroxyl groups excluding tert-OH is 1. The van der Waals surface area contributed by atoms with Gasteiger partial charge in [-0.3, -0.25) is 0 Å². The lowest BCUT2D eigenvalue weighted by Gasteiger charge is -2.06. The molecule has 16 heavy (non-hydrogen) atoms. The first-order valence-corrected chi connectivity index (χ1v) is 5.70. The quantitative estimate of drug-likeness (QED) is 0.672. The standard InChI is InChI=1S/C13H18N2O/c1-10(16)4-6-14-9-11-2-3-13-12(8-11)5-7-15-13/h2-3,5,7-8,10,14-16H,4,6,9H2,1H3. The number of aliphatic hydroxyl groups is 1. The molecule has 0 spiro atoms. The number of rotatable bonds is 5. The van der Waals surface area contributed by atoms with Gasteiger partial charge in [-0.25, -0.2) is 0 Å². The van der Waals surface area contributed by atoms with Crippen molar-refractivity contribution in [2.45, 2.75) is 26.0 Å². The predicted octanol–water partition coefficient (Wildman–Crippen LogP) is 2.03. The molecule has 1 aromatic heterocycles. The van der Waals surface area contributed by atoms with Crippen molar-refractivity contribution in [2.24, 2.45) is 0 Å². The summed E-state index contributed by atoms with van der Waals surface area (Å²) < 4.78 is 0. The molecular weight excluding hydrogens is 200 g/mol.